The van der Waals surface area contributed by atoms with E-state index in [-0.39, 0.29) is 6.10 Å². The lowest BCUT2D eigenvalue weighted by Gasteiger charge is -2.21. The number of hydrogen-bond donors (Lipinski definition) is 0. The molecule has 0 N–H and O–H groups in total. The number of ether oxygens (including phenoxy) is 3. The van der Waals surface area contributed by atoms with E-state index < -0.39 is 0 Å². The van der Waals surface area contributed by atoms with Gasteiger partial charge < -0.3 is 14.2 Å². The molecular formula is C14H20O3. The van der Waals surface area contributed by atoms with Crippen LogP contribution in [0.15, 0.2) is 18.2 Å². The van der Waals surface area contributed by atoms with E-state index in [4.69, 9.17) is 14.2 Å². The summed E-state index contributed by atoms with van der Waals surface area (Å²) in [5.41, 5.74) is 1.17. The molecule has 0 radical (unpaired) electrons. The van der Waals surface area contributed by atoms with E-state index in [1.54, 1.807) is 0 Å². The van der Waals surface area contributed by atoms with Crippen LogP contribution in [0, 0.1) is 0 Å². The van der Waals surface area contributed by atoms with Gasteiger partial charge in [-0.05, 0) is 30.5 Å². The van der Waals surface area contributed by atoms with Crippen LogP contribution in [0.4, 0.5) is 0 Å². The van der Waals surface area contributed by atoms with E-state index >= 15 is 0 Å². The maximum absolute atomic E-state index is 5.82. The van der Waals surface area contributed by atoms with E-state index in [0.29, 0.717) is 13.2 Å². The molecule has 3 heteroatoms. The van der Waals surface area contributed by atoms with Crippen molar-refractivity contribution in [3.05, 3.63) is 23.8 Å². The third-order valence-corrected chi connectivity index (χ3v) is 2.83. The van der Waals surface area contributed by atoms with Crippen molar-refractivity contribution in [2.45, 2.75) is 32.8 Å². The molecule has 0 bridgehead atoms. The van der Waals surface area contributed by atoms with Gasteiger partial charge in [-0.3, -0.25) is 0 Å². The van der Waals surface area contributed by atoms with Gasteiger partial charge in [-0.1, -0.05) is 19.9 Å². The van der Waals surface area contributed by atoms with Crippen molar-refractivity contribution in [3.8, 4) is 11.5 Å². The first-order chi connectivity index (χ1) is 8.35. The van der Waals surface area contributed by atoms with Gasteiger partial charge in [0, 0.05) is 6.61 Å². The van der Waals surface area contributed by atoms with Gasteiger partial charge in [-0.2, -0.15) is 0 Å². The van der Waals surface area contributed by atoms with Crippen LogP contribution in [0.1, 0.15) is 38.4 Å². The van der Waals surface area contributed by atoms with Crippen molar-refractivity contribution < 1.29 is 14.2 Å². The largest absolute Gasteiger partial charge is 0.486 e. The minimum absolute atomic E-state index is 0.158. The second-order valence-corrected chi connectivity index (χ2v) is 4.17. The number of rotatable bonds is 5. The Labute approximate surface area is 103 Å². The molecule has 17 heavy (non-hydrogen) atoms. The van der Waals surface area contributed by atoms with Gasteiger partial charge in [0.25, 0.3) is 0 Å². The molecule has 0 amide bonds. The Morgan fingerprint density at radius 2 is 1.94 bits per heavy atom. The first-order valence-electron chi connectivity index (χ1n) is 6.36. The number of benzene rings is 1. The molecular weight excluding hydrogens is 216 g/mol. The molecule has 1 aromatic rings. The molecule has 3 nitrogen and oxygen atoms in total. The highest BCUT2D eigenvalue weighted by molar-refractivity contribution is 5.44. The Bertz CT molecular complexity index is 362. The van der Waals surface area contributed by atoms with Crippen LogP contribution in [0.5, 0.6) is 11.5 Å². The van der Waals surface area contributed by atoms with Crippen LogP contribution in [0.2, 0.25) is 0 Å². The van der Waals surface area contributed by atoms with E-state index in [2.05, 4.69) is 19.9 Å². The lowest BCUT2D eigenvalue weighted by molar-refractivity contribution is 0.0500. The van der Waals surface area contributed by atoms with E-state index in [1.165, 1.54) is 5.56 Å². The van der Waals surface area contributed by atoms with Crippen LogP contribution in [0.25, 0.3) is 0 Å². The Morgan fingerprint density at radius 3 is 2.65 bits per heavy atom. The van der Waals surface area contributed by atoms with Crippen molar-refractivity contribution in [2.75, 3.05) is 19.8 Å². The number of fused-ring (bicyclic) bond motifs is 1. The summed E-state index contributed by atoms with van der Waals surface area (Å²) in [4.78, 5) is 0. The molecule has 1 unspecified atom stereocenters. The Kier molecular flexibility index (Phi) is 4.26. The Hall–Kier alpha value is -1.22. The topological polar surface area (TPSA) is 27.7 Å². The van der Waals surface area contributed by atoms with E-state index in [9.17, 15) is 0 Å². The fourth-order valence-corrected chi connectivity index (χ4v) is 1.97. The molecule has 1 atom stereocenters. The standard InChI is InChI=1S/C14H20O3/c1-3-7-15-12(4-2)11-5-6-13-14(10-11)17-9-8-16-13/h5-6,10,12H,3-4,7-9H2,1-2H3. The summed E-state index contributed by atoms with van der Waals surface area (Å²) in [6.07, 6.45) is 2.17. The SMILES string of the molecule is CCCOC(CC)c1ccc2c(c1)OCCO2. The fraction of sp³-hybridized carbons (Fsp3) is 0.571. The van der Waals surface area contributed by atoms with Gasteiger partial charge in [0.2, 0.25) is 0 Å². The highest BCUT2D eigenvalue weighted by Crippen LogP contribution is 2.34. The lowest BCUT2D eigenvalue weighted by Crippen LogP contribution is -2.15. The van der Waals surface area contributed by atoms with Gasteiger partial charge in [0.05, 0.1) is 6.10 Å². The third kappa shape index (κ3) is 2.91. The molecule has 0 saturated heterocycles. The van der Waals surface area contributed by atoms with Crippen molar-refractivity contribution in [3.63, 3.8) is 0 Å². The molecule has 94 valence electrons. The zero-order valence-electron chi connectivity index (χ0n) is 10.6. The maximum atomic E-state index is 5.82. The van der Waals surface area contributed by atoms with Gasteiger partial charge in [-0.15, -0.1) is 0 Å². The molecule has 0 saturated carbocycles. The summed E-state index contributed by atoms with van der Waals surface area (Å²) in [5.74, 6) is 1.68. The summed E-state index contributed by atoms with van der Waals surface area (Å²) in [6.45, 7) is 6.32. The van der Waals surface area contributed by atoms with Crippen LogP contribution >= 0.6 is 0 Å². The van der Waals surface area contributed by atoms with Crippen LogP contribution in [-0.2, 0) is 4.74 Å². The third-order valence-electron chi connectivity index (χ3n) is 2.83. The minimum atomic E-state index is 0.158. The summed E-state index contributed by atoms with van der Waals surface area (Å²) in [6, 6.07) is 6.08. The molecule has 1 aliphatic rings. The highest BCUT2D eigenvalue weighted by Gasteiger charge is 2.16. The van der Waals surface area contributed by atoms with Crippen LogP contribution in [-0.4, -0.2) is 19.8 Å². The Morgan fingerprint density at radius 1 is 1.18 bits per heavy atom. The fourth-order valence-electron chi connectivity index (χ4n) is 1.97. The van der Waals surface area contributed by atoms with Crippen molar-refractivity contribution in [1.29, 1.82) is 0 Å². The zero-order valence-corrected chi connectivity index (χ0v) is 10.6. The molecule has 0 aromatic heterocycles. The van der Waals surface area contributed by atoms with E-state index in [0.717, 1.165) is 30.9 Å². The molecule has 0 fully saturated rings. The predicted molar refractivity (Wildman–Crippen MR) is 66.7 cm³/mol. The second kappa shape index (κ2) is 5.92. The summed E-state index contributed by atoms with van der Waals surface area (Å²) < 4.78 is 16.9. The first kappa shape index (κ1) is 12.2. The predicted octanol–water partition coefficient (Wildman–Crippen LogP) is 3.34. The molecule has 0 spiro atoms. The average Bonchev–Trinajstić information content (AvgIpc) is 2.39. The lowest BCUT2D eigenvalue weighted by atomic mass is 10.1. The summed E-state index contributed by atoms with van der Waals surface area (Å²) in [7, 11) is 0. The van der Waals surface area contributed by atoms with Crippen molar-refractivity contribution >= 4 is 0 Å². The van der Waals surface area contributed by atoms with Crippen LogP contribution < -0.4 is 9.47 Å². The molecule has 0 aliphatic carbocycles. The van der Waals surface area contributed by atoms with Gasteiger partial charge in [0.1, 0.15) is 13.2 Å². The maximum Gasteiger partial charge on any atom is 0.161 e. The van der Waals surface area contributed by atoms with Crippen molar-refractivity contribution in [1.82, 2.24) is 0 Å². The van der Waals surface area contributed by atoms with Crippen LogP contribution in [0.3, 0.4) is 0 Å². The Balaban J connectivity index is 2.13. The smallest absolute Gasteiger partial charge is 0.161 e. The first-order valence-corrected chi connectivity index (χ1v) is 6.36. The highest BCUT2D eigenvalue weighted by atomic mass is 16.6. The molecule has 1 heterocycles. The minimum Gasteiger partial charge on any atom is -0.486 e. The summed E-state index contributed by atoms with van der Waals surface area (Å²) >= 11 is 0. The van der Waals surface area contributed by atoms with Gasteiger partial charge in [-0.25, -0.2) is 0 Å². The van der Waals surface area contributed by atoms with E-state index in [1.807, 2.05) is 12.1 Å². The average molecular weight is 236 g/mol. The van der Waals surface area contributed by atoms with Gasteiger partial charge >= 0.3 is 0 Å². The molecule has 1 aliphatic heterocycles. The zero-order chi connectivity index (χ0) is 12.1. The molecule has 2 rings (SSSR count). The van der Waals surface area contributed by atoms with Crippen molar-refractivity contribution in [2.24, 2.45) is 0 Å². The second-order valence-electron chi connectivity index (χ2n) is 4.17. The number of hydrogen-bond acceptors (Lipinski definition) is 3. The molecule has 1 aromatic carbocycles. The monoisotopic (exact) mass is 236 g/mol. The quantitative estimate of drug-likeness (QED) is 0.784. The summed E-state index contributed by atoms with van der Waals surface area (Å²) in [5, 5.41) is 0. The van der Waals surface area contributed by atoms with Gasteiger partial charge in [0.15, 0.2) is 11.5 Å². The normalized spacial score (nSPS) is 15.6.